The summed E-state index contributed by atoms with van der Waals surface area (Å²) in [5.41, 5.74) is 2.43. The average molecular weight is 237 g/mol. The Morgan fingerprint density at radius 2 is 2.12 bits per heavy atom. The van der Waals surface area contributed by atoms with Crippen LogP contribution in [0.5, 0.6) is 5.75 Å². The molecule has 0 radical (unpaired) electrons. The van der Waals surface area contributed by atoms with Crippen molar-refractivity contribution in [1.29, 1.82) is 0 Å². The first-order valence-electron chi connectivity index (χ1n) is 6.30. The summed E-state index contributed by atoms with van der Waals surface area (Å²) in [6.07, 6.45) is 1.71. The molecule has 1 aromatic carbocycles. The fourth-order valence-electron chi connectivity index (χ4n) is 1.96. The van der Waals surface area contributed by atoms with E-state index < -0.39 is 0 Å². The van der Waals surface area contributed by atoms with Crippen LogP contribution in [0.25, 0.3) is 0 Å². The van der Waals surface area contributed by atoms with Gasteiger partial charge in [0.15, 0.2) is 0 Å². The van der Waals surface area contributed by atoms with E-state index in [1.807, 2.05) is 20.0 Å². The molecule has 1 aromatic rings. The number of aliphatic hydroxyl groups is 1. The normalized spacial score (nSPS) is 12.5. The van der Waals surface area contributed by atoms with Gasteiger partial charge in [0.05, 0.1) is 6.61 Å². The van der Waals surface area contributed by atoms with Gasteiger partial charge in [0.1, 0.15) is 5.75 Å². The molecule has 0 bridgehead atoms. The molecule has 0 aliphatic heterocycles. The average Bonchev–Trinajstić information content (AvgIpc) is 2.37. The lowest BCUT2D eigenvalue weighted by molar-refractivity contribution is 0.265. The van der Waals surface area contributed by atoms with Gasteiger partial charge in [-0.25, -0.2) is 0 Å². The molecular formula is C14H23NO2. The van der Waals surface area contributed by atoms with Gasteiger partial charge < -0.3 is 15.2 Å². The van der Waals surface area contributed by atoms with Crippen LogP contribution in [0.15, 0.2) is 18.2 Å². The molecule has 0 fully saturated rings. The molecule has 3 nitrogen and oxygen atoms in total. The molecule has 0 saturated carbocycles. The van der Waals surface area contributed by atoms with Gasteiger partial charge in [-0.15, -0.1) is 0 Å². The van der Waals surface area contributed by atoms with Crippen molar-refractivity contribution in [2.45, 2.75) is 32.7 Å². The van der Waals surface area contributed by atoms with Gasteiger partial charge in [-0.3, -0.25) is 0 Å². The van der Waals surface area contributed by atoms with Crippen molar-refractivity contribution in [2.24, 2.45) is 0 Å². The molecule has 0 aliphatic carbocycles. The third-order valence-corrected chi connectivity index (χ3v) is 2.92. The zero-order chi connectivity index (χ0) is 12.7. The monoisotopic (exact) mass is 237 g/mol. The minimum absolute atomic E-state index is 0.146. The number of nitrogens with one attached hydrogen (secondary N) is 1. The molecule has 0 amide bonds. The van der Waals surface area contributed by atoms with Crippen LogP contribution in [0.4, 0.5) is 0 Å². The van der Waals surface area contributed by atoms with Crippen LogP contribution < -0.4 is 10.1 Å². The zero-order valence-electron chi connectivity index (χ0n) is 11.0. The Morgan fingerprint density at radius 3 is 2.65 bits per heavy atom. The lowest BCUT2D eigenvalue weighted by Gasteiger charge is -2.20. The van der Waals surface area contributed by atoms with Crippen molar-refractivity contribution in [3.8, 4) is 5.75 Å². The molecule has 0 heterocycles. The molecule has 96 valence electrons. The van der Waals surface area contributed by atoms with Gasteiger partial charge in [0, 0.05) is 18.2 Å². The van der Waals surface area contributed by atoms with Crippen LogP contribution in [0.1, 0.15) is 37.4 Å². The highest BCUT2D eigenvalue weighted by Gasteiger charge is 2.14. The maximum absolute atomic E-state index is 9.10. The van der Waals surface area contributed by atoms with Crippen molar-refractivity contribution in [2.75, 3.05) is 20.3 Å². The summed E-state index contributed by atoms with van der Waals surface area (Å²) in [5, 5.41) is 12.3. The SMILES string of the molecule is CCOc1ccc(CC)cc1C(CCO)NC. The Bertz CT molecular complexity index is 339. The van der Waals surface area contributed by atoms with Gasteiger partial charge in [0.25, 0.3) is 0 Å². The topological polar surface area (TPSA) is 41.5 Å². The summed E-state index contributed by atoms with van der Waals surface area (Å²) in [6.45, 7) is 4.96. The third-order valence-electron chi connectivity index (χ3n) is 2.92. The summed E-state index contributed by atoms with van der Waals surface area (Å²) < 4.78 is 5.64. The summed E-state index contributed by atoms with van der Waals surface area (Å²) in [4.78, 5) is 0. The number of benzene rings is 1. The fourth-order valence-corrected chi connectivity index (χ4v) is 1.96. The standard InChI is InChI=1S/C14H23NO2/c1-4-11-6-7-14(17-5-2)12(10-11)13(15-3)8-9-16/h6-7,10,13,15-16H,4-5,8-9H2,1-3H3. The molecule has 0 aromatic heterocycles. The lowest BCUT2D eigenvalue weighted by Crippen LogP contribution is -2.19. The molecule has 0 spiro atoms. The van der Waals surface area contributed by atoms with Crippen molar-refractivity contribution in [1.82, 2.24) is 5.32 Å². The molecule has 2 N–H and O–H groups in total. The van der Waals surface area contributed by atoms with Crippen LogP contribution in [0.2, 0.25) is 0 Å². The van der Waals surface area contributed by atoms with E-state index in [0.29, 0.717) is 13.0 Å². The Morgan fingerprint density at radius 1 is 1.35 bits per heavy atom. The van der Waals surface area contributed by atoms with E-state index in [4.69, 9.17) is 9.84 Å². The molecule has 0 aliphatic rings. The van der Waals surface area contributed by atoms with E-state index in [9.17, 15) is 0 Å². The number of rotatable bonds is 7. The quantitative estimate of drug-likeness (QED) is 0.764. The predicted octanol–water partition coefficient (Wildman–Crippen LogP) is 2.29. The summed E-state index contributed by atoms with van der Waals surface area (Å²) in [5.74, 6) is 0.914. The number of aryl methyl sites for hydroxylation is 1. The zero-order valence-corrected chi connectivity index (χ0v) is 11.0. The molecule has 3 heteroatoms. The first-order valence-corrected chi connectivity index (χ1v) is 6.30. The van der Waals surface area contributed by atoms with E-state index in [1.165, 1.54) is 5.56 Å². The maximum atomic E-state index is 9.10. The molecule has 1 rings (SSSR count). The van der Waals surface area contributed by atoms with Gasteiger partial charge in [-0.2, -0.15) is 0 Å². The van der Waals surface area contributed by atoms with E-state index in [2.05, 4.69) is 24.4 Å². The molecule has 1 atom stereocenters. The van der Waals surface area contributed by atoms with Gasteiger partial charge in [0.2, 0.25) is 0 Å². The van der Waals surface area contributed by atoms with E-state index in [1.54, 1.807) is 0 Å². The highest BCUT2D eigenvalue weighted by atomic mass is 16.5. The summed E-state index contributed by atoms with van der Waals surface area (Å²) >= 11 is 0. The van der Waals surface area contributed by atoms with Gasteiger partial charge >= 0.3 is 0 Å². The summed E-state index contributed by atoms with van der Waals surface area (Å²) in [6, 6.07) is 6.44. The Labute approximate surface area is 104 Å². The van der Waals surface area contributed by atoms with E-state index in [0.717, 1.165) is 17.7 Å². The highest BCUT2D eigenvalue weighted by Crippen LogP contribution is 2.28. The minimum Gasteiger partial charge on any atom is -0.494 e. The molecule has 1 unspecified atom stereocenters. The first-order chi connectivity index (χ1) is 8.26. The van der Waals surface area contributed by atoms with Gasteiger partial charge in [-0.1, -0.05) is 19.1 Å². The number of aliphatic hydroxyl groups excluding tert-OH is 1. The van der Waals surface area contributed by atoms with Crippen LogP contribution in [0, 0.1) is 0 Å². The Kier molecular flexibility index (Phi) is 6.01. The predicted molar refractivity (Wildman–Crippen MR) is 70.5 cm³/mol. The third kappa shape index (κ3) is 3.72. The molecule has 17 heavy (non-hydrogen) atoms. The van der Waals surface area contributed by atoms with E-state index >= 15 is 0 Å². The van der Waals surface area contributed by atoms with Crippen LogP contribution >= 0.6 is 0 Å². The number of hydrogen-bond acceptors (Lipinski definition) is 3. The van der Waals surface area contributed by atoms with Crippen molar-refractivity contribution in [3.05, 3.63) is 29.3 Å². The molecule has 0 saturated heterocycles. The largest absolute Gasteiger partial charge is 0.494 e. The first kappa shape index (κ1) is 14.0. The van der Waals surface area contributed by atoms with Crippen LogP contribution in [0.3, 0.4) is 0 Å². The second-order valence-electron chi connectivity index (χ2n) is 4.01. The van der Waals surface area contributed by atoms with Crippen LogP contribution in [-0.4, -0.2) is 25.4 Å². The maximum Gasteiger partial charge on any atom is 0.124 e. The summed E-state index contributed by atoms with van der Waals surface area (Å²) in [7, 11) is 1.91. The smallest absolute Gasteiger partial charge is 0.124 e. The molecular weight excluding hydrogens is 214 g/mol. The Hall–Kier alpha value is -1.06. The van der Waals surface area contributed by atoms with E-state index in [-0.39, 0.29) is 12.6 Å². The van der Waals surface area contributed by atoms with Crippen molar-refractivity contribution >= 4 is 0 Å². The highest BCUT2D eigenvalue weighted by molar-refractivity contribution is 5.39. The van der Waals surface area contributed by atoms with Gasteiger partial charge in [-0.05, 0) is 38.4 Å². The Balaban J connectivity index is 3.05. The van der Waals surface area contributed by atoms with Crippen molar-refractivity contribution < 1.29 is 9.84 Å². The minimum atomic E-state index is 0.146. The number of hydrogen-bond donors (Lipinski definition) is 2. The fraction of sp³-hybridized carbons (Fsp3) is 0.571. The van der Waals surface area contributed by atoms with Crippen molar-refractivity contribution in [3.63, 3.8) is 0 Å². The second-order valence-corrected chi connectivity index (χ2v) is 4.01. The lowest BCUT2D eigenvalue weighted by atomic mass is 9.99. The van der Waals surface area contributed by atoms with Crippen LogP contribution in [-0.2, 0) is 6.42 Å². The number of ether oxygens (including phenoxy) is 1. The second kappa shape index (κ2) is 7.30.